The fourth-order valence-corrected chi connectivity index (χ4v) is 4.05. The molecule has 9 nitrogen and oxygen atoms in total. The third kappa shape index (κ3) is 4.91. The molecule has 0 bridgehead atoms. The first kappa shape index (κ1) is 20.6. The molecule has 4 N–H and O–H groups in total. The Kier molecular flexibility index (Phi) is 6.49. The Labute approximate surface area is 177 Å². The third-order valence-corrected chi connectivity index (χ3v) is 5.65. The molecule has 0 spiro atoms. The van der Waals surface area contributed by atoms with Gasteiger partial charge >= 0.3 is 5.97 Å². The van der Waals surface area contributed by atoms with E-state index < -0.39 is 5.91 Å². The molecule has 4 rings (SSSR count). The van der Waals surface area contributed by atoms with Gasteiger partial charge in [0.2, 0.25) is 0 Å². The Morgan fingerprint density at radius 3 is 2.73 bits per heavy atom. The van der Waals surface area contributed by atoms with Crippen molar-refractivity contribution >= 4 is 23.7 Å². The molecule has 2 aliphatic heterocycles. The van der Waals surface area contributed by atoms with E-state index in [1.165, 1.54) is 12.8 Å². The van der Waals surface area contributed by atoms with Gasteiger partial charge < -0.3 is 25.6 Å². The summed E-state index contributed by atoms with van der Waals surface area (Å²) < 4.78 is 5.07. The smallest absolute Gasteiger partial charge is 0.341 e. The summed E-state index contributed by atoms with van der Waals surface area (Å²) in [6, 6.07) is 4.40. The number of piperazine rings is 1. The molecular formula is C21H31N7O2. The van der Waals surface area contributed by atoms with Gasteiger partial charge in [0, 0.05) is 44.6 Å². The lowest BCUT2D eigenvalue weighted by atomic mass is 10.2. The average Bonchev–Trinajstić information content (AvgIpc) is 3.28. The first-order chi connectivity index (χ1) is 14.7. The largest absolute Gasteiger partial charge is 0.462 e. The quantitative estimate of drug-likeness (QED) is 0.390. The molecule has 2 fully saturated rings. The van der Waals surface area contributed by atoms with Gasteiger partial charge in [-0.15, -0.1) is 0 Å². The summed E-state index contributed by atoms with van der Waals surface area (Å²) in [5.41, 5.74) is 1.51. The number of pyridine rings is 1. The SMILES string of the molecule is CCOC(=O)C1=CNC(Nc2ccc(N3CCNCC3)cn2)(NC2CCCC2)N=C1. The van der Waals surface area contributed by atoms with E-state index in [-0.39, 0.29) is 5.97 Å². The summed E-state index contributed by atoms with van der Waals surface area (Å²) in [6.07, 6.45) is 9.71. The van der Waals surface area contributed by atoms with Gasteiger partial charge in [-0.05, 0) is 31.9 Å². The summed E-state index contributed by atoms with van der Waals surface area (Å²) in [5, 5.41) is 13.6. The average molecular weight is 414 g/mol. The number of aliphatic imine (C=N–C) groups is 1. The van der Waals surface area contributed by atoms with Crippen molar-refractivity contribution in [1.82, 2.24) is 20.9 Å². The summed E-state index contributed by atoms with van der Waals surface area (Å²) in [7, 11) is 0. The van der Waals surface area contributed by atoms with Gasteiger partial charge in [-0.1, -0.05) is 12.8 Å². The van der Waals surface area contributed by atoms with Crippen molar-refractivity contribution in [3.05, 3.63) is 30.1 Å². The van der Waals surface area contributed by atoms with Crippen molar-refractivity contribution in [2.75, 3.05) is 43.0 Å². The van der Waals surface area contributed by atoms with Crippen LogP contribution in [-0.4, -0.2) is 61.9 Å². The number of rotatable bonds is 7. The van der Waals surface area contributed by atoms with Crippen LogP contribution in [0.25, 0.3) is 0 Å². The predicted molar refractivity (Wildman–Crippen MR) is 117 cm³/mol. The van der Waals surface area contributed by atoms with Crippen LogP contribution in [0.3, 0.4) is 0 Å². The topological polar surface area (TPSA) is 103 Å². The van der Waals surface area contributed by atoms with Crippen molar-refractivity contribution in [3.8, 4) is 0 Å². The Hall–Kier alpha value is -2.65. The summed E-state index contributed by atoms with van der Waals surface area (Å²) >= 11 is 0. The molecule has 1 aromatic rings. The normalized spacial score (nSPS) is 24.3. The highest BCUT2D eigenvalue weighted by atomic mass is 16.5. The van der Waals surface area contributed by atoms with E-state index in [0.29, 0.717) is 24.0 Å². The van der Waals surface area contributed by atoms with Gasteiger partial charge in [0.25, 0.3) is 5.91 Å². The Balaban J connectivity index is 1.48. The van der Waals surface area contributed by atoms with E-state index in [9.17, 15) is 4.79 Å². The summed E-state index contributed by atoms with van der Waals surface area (Å²) in [6.45, 7) is 6.06. The maximum Gasteiger partial charge on any atom is 0.341 e. The van der Waals surface area contributed by atoms with Crippen LogP contribution in [0.5, 0.6) is 0 Å². The second-order valence-corrected chi connectivity index (χ2v) is 7.82. The number of carbonyl (C=O) groups excluding carboxylic acids is 1. The lowest BCUT2D eigenvalue weighted by Gasteiger charge is -2.37. The molecular weight excluding hydrogens is 382 g/mol. The molecule has 1 aromatic heterocycles. The highest BCUT2D eigenvalue weighted by Gasteiger charge is 2.34. The highest BCUT2D eigenvalue weighted by Crippen LogP contribution is 2.23. The third-order valence-electron chi connectivity index (χ3n) is 5.65. The number of nitrogens with one attached hydrogen (secondary N) is 4. The van der Waals surface area contributed by atoms with Crippen LogP contribution in [0.15, 0.2) is 35.1 Å². The van der Waals surface area contributed by atoms with Crippen LogP contribution in [0.2, 0.25) is 0 Å². The molecule has 9 heteroatoms. The predicted octanol–water partition coefficient (Wildman–Crippen LogP) is 1.17. The number of ether oxygens (including phenoxy) is 1. The van der Waals surface area contributed by atoms with Gasteiger partial charge in [-0.3, -0.25) is 5.32 Å². The Morgan fingerprint density at radius 2 is 2.10 bits per heavy atom. The standard InChI is InChI=1S/C21H31N7O2/c1-2-30-20(29)16-13-24-21(25-14-16,26-17-5-3-4-6-17)27-19-8-7-18(15-23-19)28-11-9-22-10-12-28/h7-8,13-15,17,22,24,26H,2-6,9-12H2,1H3,(H,23,27). The van der Waals surface area contributed by atoms with E-state index in [0.717, 1.165) is 44.7 Å². The minimum atomic E-state index is -0.950. The van der Waals surface area contributed by atoms with Crippen molar-refractivity contribution in [2.45, 2.75) is 44.6 Å². The Bertz CT molecular complexity index is 783. The number of esters is 1. The fourth-order valence-electron chi connectivity index (χ4n) is 4.05. The minimum absolute atomic E-state index is 0.330. The Morgan fingerprint density at radius 1 is 1.30 bits per heavy atom. The van der Waals surface area contributed by atoms with Crippen molar-refractivity contribution in [2.24, 2.45) is 4.99 Å². The van der Waals surface area contributed by atoms with E-state index in [2.05, 4.69) is 42.2 Å². The molecule has 1 saturated heterocycles. The molecule has 0 aromatic carbocycles. The minimum Gasteiger partial charge on any atom is -0.462 e. The zero-order valence-electron chi connectivity index (χ0n) is 17.5. The second kappa shape index (κ2) is 9.44. The van der Waals surface area contributed by atoms with Crippen LogP contribution < -0.4 is 26.2 Å². The van der Waals surface area contributed by atoms with E-state index in [1.807, 2.05) is 12.3 Å². The van der Waals surface area contributed by atoms with Crippen molar-refractivity contribution < 1.29 is 9.53 Å². The zero-order valence-corrected chi connectivity index (χ0v) is 17.5. The van der Waals surface area contributed by atoms with Gasteiger partial charge in [0.1, 0.15) is 5.82 Å². The fraction of sp³-hybridized carbons (Fsp3) is 0.571. The van der Waals surface area contributed by atoms with Crippen LogP contribution in [-0.2, 0) is 9.53 Å². The van der Waals surface area contributed by atoms with E-state index >= 15 is 0 Å². The van der Waals surface area contributed by atoms with Crippen LogP contribution in [0.1, 0.15) is 32.6 Å². The summed E-state index contributed by atoms with van der Waals surface area (Å²) in [4.78, 5) is 23.6. The lowest BCUT2D eigenvalue weighted by molar-refractivity contribution is -0.137. The number of anilines is 2. The van der Waals surface area contributed by atoms with E-state index in [1.54, 1.807) is 19.3 Å². The maximum atomic E-state index is 12.0. The molecule has 3 heterocycles. The molecule has 1 aliphatic carbocycles. The van der Waals surface area contributed by atoms with Crippen molar-refractivity contribution in [1.29, 1.82) is 0 Å². The van der Waals surface area contributed by atoms with Crippen LogP contribution in [0.4, 0.5) is 11.5 Å². The van der Waals surface area contributed by atoms with Gasteiger partial charge in [-0.25, -0.2) is 14.8 Å². The molecule has 162 valence electrons. The molecule has 1 saturated carbocycles. The number of nitrogens with zero attached hydrogens (tertiary/aromatic N) is 3. The molecule has 3 aliphatic rings. The van der Waals surface area contributed by atoms with Gasteiger partial charge in [-0.2, -0.15) is 0 Å². The van der Waals surface area contributed by atoms with Gasteiger partial charge in [0.05, 0.1) is 24.1 Å². The maximum absolute atomic E-state index is 12.0. The van der Waals surface area contributed by atoms with Crippen LogP contribution >= 0.6 is 0 Å². The monoisotopic (exact) mass is 413 g/mol. The first-order valence-corrected chi connectivity index (χ1v) is 10.9. The molecule has 0 amide bonds. The first-order valence-electron chi connectivity index (χ1n) is 10.9. The van der Waals surface area contributed by atoms with Crippen molar-refractivity contribution in [3.63, 3.8) is 0 Å². The second-order valence-electron chi connectivity index (χ2n) is 7.82. The van der Waals surface area contributed by atoms with E-state index in [4.69, 9.17) is 4.74 Å². The molecule has 1 atom stereocenters. The zero-order chi connectivity index (χ0) is 20.8. The van der Waals surface area contributed by atoms with Gasteiger partial charge in [0.15, 0.2) is 0 Å². The number of hydrogen-bond acceptors (Lipinski definition) is 9. The summed E-state index contributed by atoms with van der Waals surface area (Å²) in [5.74, 6) is -0.632. The number of aromatic nitrogens is 1. The molecule has 30 heavy (non-hydrogen) atoms. The highest BCUT2D eigenvalue weighted by molar-refractivity contribution is 6.09. The number of carbonyl (C=O) groups is 1. The molecule has 0 radical (unpaired) electrons. The van der Waals surface area contributed by atoms with Crippen LogP contribution in [0, 0.1) is 0 Å². The lowest BCUT2D eigenvalue weighted by Crippen LogP contribution is -2.63. The number of hydrogen-bond donors (Lipinski definition) is 4. The molecule has 1 unspecified atom stereocenters.